The van der Waals surface area contributed by atoms with Gasteiger partial charge in [-0.05, 0) is 12.0 Å². The van der Waals surface area contributed by atoms with E-state index in [0.717, 1.165) is 25.9 Å². The average Bonchev–Trinajstić information content (AvgIpc) is 2.06. The van der Waals surface area contributed by atoms with Crippen molar-refractivity contribution in [2.45, 2.75) is 19.8 Å². The quantitative estimate of drug-likeness (QED) is 0.603. The molecule has 0 aromatic heterocycles. The molecular formula is C9H16N2. The van der Waals surface area contributed by atoms with Gasteiger partial charge in [-0.25, -0.2) is 0 Å². The zero-order chi connectivity index (χ0) is 8.10. The Morgan fingerprint density at radius 2 is 2.45 bits per heavy atom. The van der Waals surface area contributed by atoms with E-state index in [4.69, 9.17) is 0 Å². The molecule has 1 aliphatic heterocycles. The highest BCUT2D eigenvalue weighted by Crippen LogP contribution is 2.06. The first kappa shape index (κ1) is 8.47. The lowest BCUT2D eigenvalue weighted by Crippen LogP contribution is -2.30. The Morgan fingerprint density at radius 1 is 1.64 bits per heavy atom. The molecule has 0 aliphatic carbocycles. The molecule has 1 heterocycles. The summed E-state index contributed by atoms with van der Waals surface area (Å²) in [6.07, 6.45) is 4.45. The minimum absolute atomic E-state index is 1.00. The van der Waals surface area contributed by atoms with Crippen LogP contribution in [-0.4, -0.2) is 25.8 Å². The first-order chi connectivity index (χ1) is 5.38. The van der Waals surface area contributed by atoms with Crippen molar-refractivity contribution in [2.75, 3.05) is 20.1 Å². The maximum Gasteiger partial charge on any atom is 0.0399 e. The summed E-state index contributed by atoms with van der Waals surface area (Å²) in [6, 6.07) is 0. The fourth-order valence-corrected chi connectivity index (χ4v) is 1.38. The number of hydrogen-bond acceptors (Lipinski definition) is 2. The molecular weight excluding hydrogens is 136 g/mol. The lowest BCUT2D eigenvalue weighted by Gasteiger charge is -2.17. The van der Waals surface area contributed by atoms with Crippen molar-refractivity contribution in [2.24, 2.45) is 4.99 Å². The molecule has 2 nitrogen and oxygen atoms in total. The molecule has 0 saturated carbocycles. The van der Waals surface area contributed by atoms with E-state index in [0.29, 0.717) is 0 Å². The third-order valence-corrected chi connectivity index (χ3v) is 1.95. The second kappa shape index (κ2) is 4.29. The zero-order valence-electron chi connectivity index (χ0n) is 7.35. The molecule has 0 atom stereocenters. The molecule has 1 rings (SSSR count). The van der Waals surface area contributed by atoms with Gasteiger partial charge in [-0.2, -0.15) is 0 Å². The van der Waals surface area contributed by atoms with E-state index in [1.165, 1.54) is 11.3 Å². The molecule has 1 aliphatic rings. The highest BCUT2D eigenvalue weighted by molar-refractivity contribution is 6.01. The van der Waals surface area contributed by atoms with Gasteiger partial charge in [0.25, 0.3) is 0 Å². The Morgan fingerprint density at radius 3 is 3.09 bits per heavy atom. The summed E-state index contributed by atoms with van der Waals surface area (Å²) in [4.78, 5) is 4.26. The van der Waals surface area contributed by atoms with Crippen LogP contribution in [0.1, 0.15) is 19.8 Å². The Bertz CT molecular complexity index is 180. The number of hydrogen-bond donors (Lipinski definition) is 1. The fraction of sp³-hybridized carbons (Fsp3) is 0.667. The van der Waals surface area contributed by atoms with Crippen LogP contribution >= 0.6 is 0 Å². The molecule has 0 radical (unpaired) electrons. The van der Waals surface area contributed by atoms with Crippen molar-refractivity contribution in [3.63, 3.8) is 0 Å². The summed E-state index contributed by atoms with van der Waals surface area (Å²) in [7, 11) is 1.88. The van der Waals surface area contributed by atoms with Gasteiger partial charge in [-0.1, -0.05) is 13.0 Å². The van der Waals surface area contributed by atoms with Gasteiger partial charge < -0.3 is 5.32 Å². The highest BCUT2D eigenvalue weighted by atomic mass is 14.9. The Labute approximate surface area is 68.4 Å². The van der Waals surface area contributed by atoms with Gasteiger partial charge in [0, 0.05) is 32.3 Å². The second-order valence-electron chi connectivity index (χ2n) is 2.73. The topological polar surface area (TPSA) is 24.4 Å². The highest BCUT2D eigenvalue weighted by Gasteiger charge is 2.10. The van der Waals surface area contributed by atoms with Crippen LogP contribution in [0.15, 0.2) is 16.6 Å². The summed E-state index contributed by atoms with van der Waals surface area (Å²) in [6.45, 7) is 4.24. The van der Waals surface area contributed by atoms with Crippen LogP contribution in [-0.2, 0) is 0 Å². The molecule has 0 aromatic carbocycles. The van der Waals surface area contributed by atoms with Crippen molar-refractivity contribution >= 4 is 5.71 Å². The monoisotopic (exact) mass is 152 g/mol. The summed E-state index contributed by atoms with van der Waals surface area (Å²) in [5.41, 5.74) is 2.67. The molecule has 0 unspecified atom stereocenters. The summed E-state index contributed by atoms with van der Waals surface area (Å²) in [5.74, 6) is 0. The van der Waals surface area contributed by atoms with Gasteiger partial charge in [0.15, 0.2) is 0 Å². The summed E-state index contributed by atoms with van der Waals surface area (Å²) in [5, 5.41) is 3.33. The van der Waals surface area contributed by atoms with Crippen molar-refractivity contribution in [1.82, 2.24) is 5.32 Å². The summed E-state index contributed by atoms with van der Waals surface area (Å²) < 4.78 is 0. The molecule has 0 bridgehead atoms. The maximum atomic E-state index is 4.26. The van der Waals surface area contributed by atoms with E-state index in [1.54, 1.807) is 0 Å². The van der Waals surface area contributed by atoms with Crippen molar-refractivity contribution < 1.29 is 0 Å². The van der Waals surface area contributed by atoms with Gasteiger partial charge in [-0.3, -0.25) is 4.99 Å². The molecule has 1 N–H and O–H groups in total. The van der Waals surface area contributed by atoms with Crippen LogP contribution in [0.2, 0.25) is 0 Å². The first-order valence-corrected chi connectivity index (χ1v) is 4.24. The number of aliphatic imine (C=N–C) groups is 1. The average molecular weight is 152 g/mol. The van der Waals surface area contributed by atoms with E-state index in [2.05, 4.69) is 23.3 Å². The Kier molecular flexibility index (Phi) is 3.30. The minimum Gasteiger partial charge on any atom is -0.312 e. The molecule has 1 fully saturated rings. The van der Waals surface area contributed by atoms with Crippen LogP contribution in [0.5, 0.6) is 0 Å². The minimum atomic E-state index is 1.00. The Balaban J connectivity index is 2.67. The van der Waals surface area contributed by atoms with Crippen molar-refractivity contribution in [3.8, 4) is 0 Å². The van der Waals surface area contributed by atoms with Crippen molar-refractivity contribution in [1.29, 1.82) is 0 Å². The standard InChI is InChI=1S/C9H16N2/c1-3-4-8-7-11-6-5-9(8)10-2/h4,11H,3,5-7H2,1-2H3/b8-4-,10-9?. The van der Waals surface area contributed by atoms with Gasteiger partial charge in [-0.15, -0.1) is 0 Å². The van der Waals surface area contributed by atoms with Gasteiger partial charge in [0.1, 0.15) is 0 Å². The van der Waals surface area contributed by atoms with Crippen LogP contribution in [0.25, 0.3) is 0 Å². The Hall–Kier alpha value is -0.630. The normalized spacial score (nSPS) is 26.4. The largest absolute Gasteiger partial charge is 0.312 e. The van der Waals surface area contributed by atoms with Crippen molar-refractivity contribution in [3.05, 3.63) is 11.6 Å². The van der Waals surface area contributed by atoms with E-state index >= 15 is 0 Å². The molecule has 2 heteroatoms. The number of nitrogens with one attached hydrogen (secondary N) is 1. The number of rotatable bonds is 1. The third-order valence-electron chi connectivity index (χ3n) is 1.95. The summed E-state index contributed by atoms with van der Waals surface area (Å²) >= 11 is 0. The first-order valence-electron chi connectivity index (χ1n) is 4.24. The maximum absolute atomic E-state index is 4.26. The molecule has 0 amide bonds. The number of allylic oxidation sites excluding steroid dienone is 1. The molecule has 0 spiro atoms. The van der Waals surface area contributed by atoms with Crippen LogP contribution in [0.3, 0.4) is 0 Å². The predicted octanol–water partition coefficient (Wildman–Crippen LogP) is 1.39. The second-order valence-corrected chi connectivity index (χ2v) is 2.73. The van der Waals surface area contributed by atoms with Gasteiger partial charge >= 0.3 is 0 Å². The van der Waals surface area contributed by atoms with Crippen LogP contribution in [0, 0.1) is 0 Å². The van der Waals surface area contributed by atoms with E-state index in [-0.39, 0.29) is 0 Å². The van der Waals surface area contributed by atoms with E-state index < -0.39 is 0 Å². The lowest BCUT2D eigenvalue weighted by molar-refractivity contribution is 0.727. The number of piperidine rings is 1. The SMILES string of the molecule is CC/C=C1/CNCCC1=NC. The molecule has 62 valence electrons. The van der Waals surface area contributed by atoms with Gasteiger partial charge in [0.2, 0.25) is 0 Å². The number of nitrogens with zero attached hydrogens (tertiary/aromatic N) is 1. The van der Waals surface area contributed by atoms with E-state index in [1.807, 2.05) is 7.05 Å². The predicted molar refractivity (Wildman–Crippen MR) is 49.2 cm³/mol. The zero-order valence-corrected chi connectivity index (χ0v) is 7.35. The molecule has 0 aromatic rings. The molecule has 11 heavy (non-hydrogen) atoms. The van der Waals surface area contributed by atoms with Crippen LogP contribution in [0.4, 0.5) is 0 Å². The van der Waals surface area contributed by atoms with Crippen LogP contribution < -0.4 is 5.32 Å². The fourth-order valence-electron chi connectivity index (χ4n) is 1.38. The van der Waals surface area contributed by atoms with Gasteiger partial charge in [0.05, 0.1) is 0 Å². The third kappa shape index (κ3) is 2.15. The lowest BCUT2D eigenvalue weighted by atomic mass is 10.0. The van der Waals surface area contributed by atoms with E-state index in [9.17, 15) is 0 Å². The molecule has 1 saturated heterocycles. The smallest absolute Gasteiger partial charge is 0.0399 e.